The van der Waals surface area contributed by atoms with Crippen LogP contribution < -0.4 is 4.90 Å². The number of aromatic nitrogens is 1. The highest BCUT2D eigenvalue weighted by molar-refractivity contribution is 7.22. The average molecular weight is 401 g/mol. The third kappa shape index (κ3) is 3.86. The summed E-state index contributed by atoms with van der Waals surface area (Å²) in [6, 6.07) is 11.2. The van der Waals surface area contributed by atoms with Crippen molar-refractivity contribution < 1.29 is 9.53 Å². The van der Waals surface area contributed by atoms with E-state index in [9.17, 15) is 4.79 Å². The summed E-state index contributed by atoms with van der Waals surface area (Å²) in [5.41, 5.74) is 3.90. The number of aryl methyl sites for hydroxylation is 2. The number of halogens is 1. The quantitative estimate of drug-likeness (QED) is 0.589. The SMILES string of the molecule is Cc1cc(C)c2sc(N(CC3CCCO3)C(=O)c3ccc(Cl)cc3)nc2c1. The average Bonchev–Trinajstić information content (AvgIpc) is 3.29. The highest BCUT2D eigenvalue weighted by atomic mass is 35.5. The molecule has 0 aliphatic carbocycles. The lowest BCUT2D eigenvalue weighted by atomic mass is 10.1. The number of rotatable bonds is 4. The summed E-state index contributed by atoms with van der Waals surface area (Å²) in [7, 11) is 0. The van der Waals surface area contributed by atoms with Gasteiger partial charge in [0.2, 0.25) is 0 Å². The van der Waals surface area contributed by atoms with E-state index in [1.54, 1.807) is 40.5 Å². The molecule has 0 radical (unpaired) electrons. The minimum atomic E-state index is -0.0735. The predicted octanol–water partition coefficient (Wildman–Crippen LogP) is 5.39. The molecule has 1 saturated heterocycles. The van der Waals surface area contributed by atoms with Gasteiger partial charge in [-0.2, -0.15) is 0 Å². The molecular formula is C21H21ClN2O2S. The maximum atomic E-state index is 13.3. The van der Waals surface area contributed by atoms with Gasteiger partial charge in [-0.25, -0.2) is 4.98 Å². The molecule has 6 heteroatoms. The summed E-state index contributed by atoms with van der Waals surface area (Å²) in [5.74, 6) is -0.0735. The number of nitrogens with zero attached hydrogens (tertiary/aromatic N) is 2. The van der Waals surface area contributed by atoms with Crippen molar-refractivity contribution in [2.24, 2.45) is 0 Å². The highest BCUT2D eigenvalue weighted by Gasteiger charge is 2.27. The number of anilines is 1. The molecule has 0 bridgehead atoms. The number of hydrogen-bond donors (Lipinski definition) is 0. The Morgan fingerprint density at radius 3 is 2.78 bits per heavy atom. The van der Waals surface area contributed by atoms with E-state index in [1.165, 1.54) is 11.1 Å². The van der Waals surface area contributed by atoms with Gasteiger partial charge in [0, 0.05) is 17.2 Å². The van der Waals surface area contributed by atoms with Crippen LogP contribution in [0.4, 0.5) is 5.13 Å². The van der Waals surface area contributed by atoms with Crippen molar-refractivity contribution in [2.75, 3.05) is 18.1 Å². The van der Waals surface area contributed by atoms with Crippen LogP contribution in [0, 0.1) is 13.8 Å². The minimum absolute atomic E-state index is 0.0519. The number of thiazole rings is 1. The van der Waals surface area contributed by atoms with E-state index < -0.39 is 0 Å². The van der Waals surface area contributed by atoms with E-state index in [2.05, 4.69) is 26.0 Å². The summed E-state index contributed by atoms with van der Waals surface area (Å²) in [5, 5.41) is 1.33. The standard InChI is InChI=1S/C21H21ClN2O2S/c1-13-10-14(2)19-18(11-13)23-21(27-19)24(12-17-4-3-9-26-17)20(25)15-5-7-16(22)8-6-15/h5-8,10-11,17H,3-4,9,12H2,1-2H3. The number of carbonyl (C=O) groups excluding carboxylic acids is 1. The monoisotopic (exact) mass is 400 g/mol. The van der Waals surface area contributed by atoms with E-state index in [0.717, 1.165) is 29.7 Å². The first-order valence-electron chi connectivity index (χ1n) is 9.08. The second kappa shape index (κ2) is 7.58. The molecule has 1 aromatic heterocycles. The second-order valence-electron chi connectivity index (χ2n) is 6.98. The normalized spacial score (nSPS) is 16.8. The maximum absolute atomic E-state index is 13.3. The first-order chi connectivity index (χ1) is 13.0. The van der Waals surface area contributed by atoms with E-state index in [4.69, 9.17) is 21.3 Å². The van der Waals surface area contributed by atoms with Crippen molar-refractivity contribution in [3.05, 3.63) is 58.1 Å². The van der Waals surface area contributed by atoms with Crippen LogP contribution in [-0.4, -0.2) is 30.1 Å². The highest BCUT2D eigenvalue weighted by Crippen LogP contribution is 2.33. The summed E-state index contributed by atoms with van der Waals surface area (Å²) < 4.78 is 6.91. The molecule has 0 spiro atoms. The van der Waals surface area contributed by atoms with Crippen molar-refractivity contribution >= 4 is 44.2 Å². The van der Waals surface area contributed by atoms with Gasteiger partial charge in [0.15, 0.2) is 5.13 Å². The Kier molecular flexibility index (Phi) is 5.17. The maximum Gasteiger partial charge on any atom is 0.260 e. The number of carbonyl (C=O) groups is 1. The van der Waals surface area contributed by atoms with Crippen LogP contribution in [0.15, 0.2) is 36.4 Å². The lowest BCUT2D eigenvalue weighted by Gasteiger charge is -2.23. The Morgan fingerprint density at radius 1 is 1.30 bits per heavy atom. The summed E-state index contributed by atoms with van der Waals surface area (Å²) in [4.78, 5) is 19.8. The molecular weight excluding hydrogens is 380 g/mol. The van der Waals surface area contributed by atoms with Crippen LogP contribution in [-0.2, 0) is 4.74 Å². The van der Waals surface area contributed by atoms with Gasteiger partial charge in [-0.05, 0) is 68.1 Å². The number of amides is 1. The summed E-state index contributed by atoms with van der Waals surface area (Å²) in [6.45, 7) is 5.42. The van der Waals surface area contributed by atoms with E-state index in [1.807, 2.05) is 0 Å². The van der Waals surface area contributed by atoms with Crippen LogP contribution in [0.5, 0.6) is 0 Å². The number of hydrogen-bond acceptors (Lipinski definition) is 4. The van der Waals surface area contributed by atoms with Crippen molar-refractivity contribution in [1.29, 1.82) is 0 Å². The molecule has 1 fully saturated rings. The molecule has 4 nitrogen and oxygen atoms in total. The van der Waals surface area contributed by atoms with Crippen LogP contribution in [0.3, 0.4) is 0 Å². The van der Waals surface area contributed by atoms with Crippen LogP contribution in [0.2, 0.25) is 5.02 Å². The van der Waals surface area contributed by atoms with Gasteiger partial charge < -0.3 is 4.74 Å². The molecule has 1 aliphatic heterocycles. The first kappa shape index (κ1) is 18.4. The third-order valence-electron chi connectivity index (χ3n) is 4.79. The summed E-state index contributed by atoms with van der Waals surface area (Å²) >= 11 is 7.54. The molecule has 2 heterocycles. The Labute approximate surface area is 167 Å². The zero-order valence-corrected chi connectivity index (χ0v) is 16.9. The van der Waals surface area contributed by atoms with Gasteiger partial charge in [0.05, 0.1) is 22.9 Å². The van der Waals surface area contributed by atoms with Crippen LogP contribution in [0.25, 0.3) is 10.2 Å². The molecule has 0 N–H and O–H groups in total. The van der Waals surface area contributed by atoms with Crippen molar-refractivity contribution in [3.63, 3.8) is 0 Å². The van der Waals surface area contributed by atoms with Crippen molar-refractivity contribution in [3.8, 4) is 0 Å². The number of fused-ring (bicyclic) bond motifs is 1. The van der Waals surface area contributed by atoms with Gasteiger partial charge in [-0.3, -0.25) is 9.69 Å². The molecule has 1 aliphatic rings. The van der Waals surface area contributed by atoms with Gasteiger partial charge in [0.1, 0.15) is 0 Å². The lowest BCUT2D eigenvalue weighted by molar-refractivity contribution is 0.0917. The fourth-order valence-corrected chi connectivity index (χ4v) is 4.62. The molecule has 2 aromatic carbocycles. The Bertz CT molecular complexity index is 978. The minimum Gasteiger partial charge on any atom is -0.376 e. The zero-order chi connectivity index (χ0) is 19.0. The second-order valence-corrected chi connectivity index (χ2v) is 8.40. The van der Waals surface area contributed by atoms with Crippen molar-refractivity contribution in [2.45, 2.75) is 32.8 Å². The van der Waals surface area contributed by atoms with Crippen molar-refractivity contribution in [1.82, 2.24) is 4.98 Å². The first-order valence-corrected chi connectivity index (χ1v) is 10.3. The van der Waals surface area contributed by atoms with E-state index >= 15 is 0 Å². The fourth-order valence-electron chi connectivity index (χ4n) is 3.47. The fraction of sp³-hybridized carbons (Fsp3) is 0.333. The van der Waals surface area contributed by atoms with Gasteiger partial charge in [0.25, 0.3) is 5.91 Å². The zero-order valence-electron chi connectivity index (χ0n) is 15.4. The Morgan fingerprint density at radius 2 is 2.07 bits per heavy atom. The molecule has 4 rings (SSSR count). The van der Waals surface area contributed by atoms with Gasteiger partial charge in [-0.1, -0.05) is 29.0 Å². The summed E-state index contributed by atoms with van der Waals surface area (Å²) in [6.07, 6.45) is 2.05. The van der Waals surface area contributed by atoms with E-state index in [0.29, 0.717) is 22.3 Å². The molecule has 1 amide bonds. The molecule has 140 valence electrons. The van der Waals surface area contributed by atoms with Crippen LogP contribution >= 0.6 is 22.9 Å². The van der Waals surface area contributed by atoms with Gasteiger partial charge >= 0.3 is 0 Å². The van der Waals surface area contributed by atoms with Crippen LogP contribution in [0.1, 0.15) is 34.3 Å². The lowest BCUT2D eigenvalue weighted by Crippen LogP contribution is -2.37. The van der Waals surface area contributed by atoms with E-state index in [-0.39, 0.29) is 12.0 Å². The number of benzene rings is 2. The predicted molar refractivity (Wildman–Crippen MR) is 111 cm³/mol. The molecule has 27 heavy (non-hydrogen) atoms. The third-order valence-corrected chi connectivity index (χ3v) is 6.27. The molecule has 3 aromatic rings. The Hall–Kier alpha value is -1.95. The largest absolute Gasteiger partial charge is 0.376 e. The topological polar surface area (TPSA) is 42.4 Å². The molecule has 1 atom stereocenters. The smallest absolute Gasteiger partial charge is 0.260 e. The van der Waals surface area contributed by atoms with Gasteiger partial charge in [-0.15, -0.1) is 0 Å². The molecule has 0 saturated carbocycles. The molecule has 1 unspecified atom stereocenters. The Balaban J connectivity index is 1.74. The number of ether oxygens (including phenoxy) is 1.